The number of aromatic carboxylic acids is 1. The molecule has 9 aromatic rings. The zero-order chi connectivity index (χ0) is 67.1. The Morgan fingerprint density at radius 1 is 0.589 bits per heavy atom. The average Bonchev–Trinajstić information content (AvgIpc) is 2.38. The highest BCUT2D eigenvalue weighted by Crippen LogP contribution is 2.30. The number of aromatic nitrogens is 8. The molecule has 22 nitrogen and oxygen atoms in total. The molecule has 25 heteroatoms. The molecule has 0 aliphatic heterocycles. The Morgan fingerprint density at radius 3 is 1.41 bits per heavy atom. The fourth-order valence-corrected chi connectivity index (χ4v) is 6.89. The van der Waals surface area contributed by atoms with Gasteiger partial charge in [-0.15, -0.1) is 11.6 Å². The number of carboxylic acids is 1. The van der Waals surface area contributed by atoms with E-state index in [1.165, 1.54) is 72.2 Å². The number of phenols is 1. The molecule has 0 radical (unpaired) electrons. The Labute approximate surface area is 533 Å². The topological polar surface area (TPSA) is 386 Å². The molecule has 0 saturated carbocycles. The van der Waals surface area contributed by atoms with E-state index in [-0.39, 0.29) is 42.7 Å². The van der Waals surface area contributed by atoms with E-state index in [2.05, 4.69) is 61.4 Å². The molecule has 0 spiro atoms. The van der Waals surface area contributed by atoms with Crippen molar-refractivity contribution >= 4 is 55.5 Å². The van der Waals surface area contributed by atoms with Gasteiger partial charge in [-0.25, -0.2) is 20.0 Å². The molecule has 8 aromatic heterocycles. The van der Waals surface area contributed by atoms with Crippen molar-refractivity contribution < 1.29 is 49.4 Å². The third-order valence-corrected chi connectivity index (χ3v) is 12.8. The van der Waals surface area contributed by atoms with E-state index in [0.717, 1.165) is 56.8 Å². The number of pyridine rings is 8. The SMILES string of the molecule is CCc1cc[n+]([O-])cc1.CCc1ccnc(C#N)c1.CCc1ccncc1.C[Si](C)(C)C#N.NC(=O)c1cc(CCl)ccn1.NC(=O)c1cc(CO)ccn1.O=C(O)c1cc(CO)ccn1.O=Cc1cnccc1Sc1ccc(O)cc1.OCc1ccncc1. The second kappa shape index (κ2) is 46.0. The maximum atomic E-state index is 10.8. The number of nitriles is 2. The van der Waals surface area contributed by atoms with Crippen LogP contribution in [0.15, 0.2) is 199 Å². The van der Waals surface area contributed by atoms with Gasteiger partial charge in [0.15, 0.2) is 26.8 Å². The van der Waals surface area contributed by atoms with Gasteiger partial charge >= 0.3 is 5.97 Å². The van der Waals surface area contributed by atoms with E-state index in [1.54, 1.807) is 97.6 Å². The minimum Gasteiger partial charge on any atom is -0.619 e. The van der Waals surface area contributed by atoms with Crippen molar-refractivity contribution in [3.05, 3.63) is 262 Å². The van der Waals surface area contributed by atoms with E-state index in [1.807, 2.05) is 68.4 Å². The first-order valence-corrected chi connectivity index (χ1v) is 32.1. The summed E-state index contributed by atoms with van der Waals surface area (Å²) < 4.78 is 0.791. The number of aromatic hydroxyl groups is 1. The van der Waals surface area contributed by atoms with Crippen LogP contribution >= 0.6 is 23.4 Å². The summed E-state index contributed by atoms with van der Waals surface area (Å²) in [5.41, 5.74) is 20.3. The van der Waals surface area contributed by atoms with Crippen LogP contribution in [0.25, 0.3) is 0 Å². The molecule has 2 amide bonds. The number of carbonyl (C=O) groups is 4. The Balaban J connectivity index is 0.000000512. The summed E-state index contributed by atoms with van der Waals surface area (Å²) in [6.07, 6.45) is 23.0. The number of aldehydes is 1. The van der Waals surface area contributed by atoms with Gasteiger partial charge < -0.3 is 42.2 Å². The minimum absolute atomic E-state index is 0.0449. The summed E-state index contributed by atoms with van der Waals surface area (Å²) >= 11 is 6.99. The van der Waals surface area contributed by atoms with Crippen molar-refractivity contribution in [2.24, 2.45) is 11.5 Å². The Morgan fingerprint density at radius 2 is 1.00 bits per heavy atom. The number of phenolic OH excluding ortho intramolecular Hbond substituents is 1. The lowest BCUT2D eigenvalue weighted by Gasteiger charge is -2.03. The molecule has 0 aliphatic carbocycles. The van der Waals surface area contributed by atoms with Crippen LogP contribution < -0.4 is 16.2 Å². The van der Waals surface area contributed by atoms with Gasteiger partial charge in [-0.05, 0) is 161 Å². The Kier molecular flexibility index (Phi) is 39.8. The molecule has 0 atom stereocenters. The van der Waals surface area contributed by atoms with E-state index < -0.39 is 25.9 Å². The minimum atomic E-state index is -1.33. The fraction of sp³-hybridized carbons (Fsp3) is 0.200. The normalized spacial score (nSPS) is 9.51. The monoisotopic (exact) mass is 1280 g/mol. The van der Waals surface area contributed by atoms with E-state index in [0.29, 0.717) is 28.3 Å². The number of rotatable bonds is 13. The molecule has 9 rings (SSSR count). The number of aryl methyl sites for hydroxylation is 3. The predicted molar refractivity (Wildman–Crippen MR) is 346 cm³/mol. The number of halogens is 1. The van der Waals surface area contributed by atoms with Crippen LogP contribution in [0.2, 0.25) is 19.6 Å². The van der Waals surface area contributed by atoms with Gasteiger partial charge in [0.25, 0.3) is 11.8 Å². The second-order valence-electron chi connectivity index (χ2n) is 18.8. The average molecular weight is 1280 g/mol. The highest BCUT2D eigenvalue weighted by atomic mass is 35.5. The Bertz CT molecular complexity index is 3430. The standard InChI is InChI=1S/C12H9NO2S.C8H8N2.C7H7ClN2O.C7H8N2O2.C7H7NO3.C7H9NO.C7H9N.C6H7NO.C4H9NSi/c14-8-9-7-13-6-5-12(9)16-11-3-1-10(15)2-4-11;1-2-7-3-4-10-8(5-7)6-9;8-4-5-1-2-10-6(3-5)7(9)11;8-7(11)6-3-5(4-10)1-2-9-6;9-4-5-1-2-8-6(3-5)7(10)11;1-2-7-3-5-8(9)6-4-7;1-2-7-3-5-8-6-4-7;8-5-6-1-3-7-4-2-6;1-6(2,3)4-5/h1-8,15H;3-5H,2H2,1H3;1-3H,4H2,(H2,9,11);1-3,10H,4H2,(H2,8,11);1-3,9H,4H2,(H,10,11);3-6H,2H2,1H3;3-6H,2H2,1H3;1-4,8H,5H2;1-3H3. The lowest BCUT2D eigenvalue weighted by Crippen LogP contribution is -2.23. The van der Waals surface area contributed by atoms with Gasteiger partial charge in [-0.2, -0.15) is 9.99 Å². The van der Waals surface area contributed by atoms with E-state index in [9.17, 15) is 24.4 Å². The van der Waals surface area contributed by atoms with E-state index in [4.69, 9.17) is 59.1 Å². The van der Waals surface area contributed by atoms with Crippen molar-refractivity contribution in [2.45, 2.75) is 95.2 Å². The molecular formula is C65H73ClN12O10SSi. The molecule has 8 heterocycles. The molecule has 90 heavy (non-hydrogen) atoms. The summed E-state index contributed by atoms with van der Waals surface area (Å²) in [6.45, 7) is 12.1. The maximum Gasteiger partial charge on any atom is 0.354 e. The summed E-state index contributed by atoms with van der Waals surface area (Å²) in [4.78, 5) is 70.5. The van der Waals surface area contributed by atoms with Gasteiger partial charge in [-0.3, -0.25) is 39.3 Å². The maximum absolute atomic E-state index is 10.8. The molecule has 1 aromatic carbocycles. The number of carboxylic acid groups (broad SMARTS) is 1. The number of hydrogen-bond acceptors (Lipinski definition) is 19. The van der Waals surface area contributed by atoms with Crippen molar-refractivity contribution in [2.75, 3.05) is 0 Å². The Hall–Kier alpha value is -10.2. The molecule has 0 fully saturated rings. The number of primary amides is 2. The number of amides is 2. The van der Waals surface area contributed by atoms with E-state index >= 15 is 0 Å². The van der Waals surface area contributed by atoms with Gasteiger partial charge in [0, 0.05) is 101 Å². The number of nitrogens with two attached hydrogens (primary N) is 2. The zero-order valence-corrected chi connectivity index (χ0v) is 53.2. The third-order valence-electron chi connectivity index (χ3n) is 10.8. The first kappa shape index (κ1) is 77.8. The fourth-order valence-electron chi connectivity index (χ4n) is 5.85. The number of hydrogen-bond donors (Lipinski definition) is 7. The second-order valence-corrected chi connectivity index (χ2v) is 24.9. The van der Waals surface area contributed by atoms with Crippen molar-refractivity contribution in [3.63, 3.8) is 0 Å². The molecule has 0 bridgehead atoms. The van der Waals surface area contributed by atoms with Crippen LogP contribution in [-0.2, 0) is 45.0 Å². The van der Waals surface area contributed by atoms with Crippen LogP contribution in [0, 0.1) is 27.5 Å². The number of aliphatic hydroxyl groups is 3. The molecule has 0 unspecified atom stereocenters. The summed E-state index contributed by atoms with van der Waals surface area (Å²) in [7, 11) is -1.33. The quantitative estimate of drug-likeness (QED) is 0.0185. The summed E-state index contributed by atoms with van der Waals surface area (Å²) in [5.74, 6) is -1.60. The van der Waals surface area contributed by atoms with Gasteiger partial charge in [0.1, 0.15) is 34.6 Å². The van der Waals surface area contributed by atoms with Crippen LogP contribution in [0.3, 0.4) is 0 Å². The van der Waals surface area contributed by atoms with Crippen LogP contribution in [-0.4, -0.2) is 92.6 Å². The van der Waals surface area contributed by atoms with Gasteiger partial charge in [-0.1, -0.05) is 52.2 Å². The van der Waals surface area contributed by atoms with Gasteiger partial charge in [0.2, 0.25) is 0 Å². The molecule has 0 saturated heterocycles. The third kappa shape index (κ3) is 35.4. The zero-order valence-electron chi connectivity index (χ0n) is 50.6. The van der Waals surface area contributed by atoms with Crippen molar-refractivity contribution in [3.8, 4) is 17.5 Å². The van der Waals surface area contributed by atoms with Crippen LogP contribution in [0.4, 0.5) is 0 Å². The highest BCUT2D eigenvalue weighted by Gasteiger charge is 2.10. The summed E-state index contributed by atoms with van der Waals surface area (Å²) in [5, 5.41) is 70.5. The molecular weight excluding hydrogens is 1200 g/mol. The first-order valence-electron chi connectivity index (χ1n) is 27.3. The van der Waals surface area contributed by atoms with Crippen molar-refractivity contribution in [1.82, 2.24) is 34.9 Å². The number of benzene rings is 1. The predicted octanol–water partition coefficient (Wildman–Crippen LogP) is 9.62. The highest BCUT2D eigenvalue weighted by molar-refractivity contribution is 7.99. The lowest BCUT2D eigenvalue weighted by molar-refractivity contribution is -0.605. The van der Waals surface area contributed by atoms with Crippen LogP contribution in [0.1, 0.15) is 107 Å². The molecule has 470 valence electrons. The first-order chi connectivity index (χ1) is 43.1. The molecule has 0 aliphatic rings. The number of carbonyl (C=O) groups excluding carboxylic acids is 3. The number of alkyl halides is 1. The molecule has 9 N–H and O–H groups in total. The largest absolute Gasteiger partial charge is 0.619 e. The van der Waals surface area contributed by atoms with Crippen molar-refractivity contribution in [1.29, 1.82) is 10.5 Å². The lowest BCUT2D eigenvalue weighted by atomic mass is 10.2. The van der Waals surface area contributed by atoms with Gasteiger partial charge in [0.05, 0.1) is 19.8 Å². The summed E-state index contributed by atoms with van der Waals surface area (Å²) in [6, 6.07) is 34.9. The number of nitrogens with zero attached hydrogens (tertiary/aromatic N) is 10. The smallest absolute Gasteiger partial charge is 0.354 e. The van der Waals surface area contributed by atoms with Crippen LogP contribution in [0.5, 0.6) is 5.75 Å². The number of aliphatic hydroxyl groups excluding tert-OH is 3.